The molecular weight excluding hydrogens is 365 g/mol. The predicted octanol–water partition coefficient (Wildman–Crippen LogP) is 3.40. The highest BCUT2D eigenvalue weighted by atomic mass is 32.1. The number of piperidine rings is 1. The van der Waals surface area contributed by atoms with Crippen molar-refractivity contribution < 1.29 is 9.18 Å². The molecule has 1 fully saturated rings. The van der Waals surface area contributed by atoms with Crippen LogP contribution in [0.1, 0.15) is 22.5 Å². The number of carbonyl (C=O) groups is 1. The number of hydrogen-bond acceptors (Lipinski definition) is 5. The number of carbonyl (C=O) groups excluding carboxylic acids is 1. The highest BCUT2D eigenvalue weighted by molar-refractivity contribution is 7.16. The standard InChI is InChI=1S/C19H20FN5OS/c1-24-12-13(10-22-24)18-21-11-17(27-18)19(26)25-8-6-16(7-9-25)23-15-4-2-14(20)3-5-15/h2-5,10-12,16,23H,6-9H2,1H3. The monoisotopic (exact) mass is 385 g/mol. The Morgan fingerprint density at radius 1 is 1.22 bits per heavy atom. The molecule has 6 nitrogen and oxygen atoms in total. The Morgan fingerprint density at radius 3 is 2.63 bits per heavy atom. The third-order valence-electron chi connectivity index (χ3n) is 4.67. The SMILES string of the molecule is Cn1cc(-c2ncc(C(=O)N3CCC(Nc4ccc(F)cc4)CC3)s2)cn1. The van der Waals surface area contributed by atoms with Gasteiger partial charge in [-0.1, -0.05) is 0 Å². The van der Waals surface area contributed by atoms with Crippen LogP contribution >= 0.6 is 11.3 Å². The molecule has 0 aliphatic carbocycles. The maximum absolute atomic E-state index is 13.0. The molecule has 0 saturated carbocycles. The summed E-state index contributed by atoms with van der Waals surface area (Å²) in [5, 5.41) is 8.36. The Balaban J connectivity index is 1.34. The van der Waals surface area contributed by atoms with Crippen molar-refractivity contribution in [1.29, 1.82) is 0 Å². The van der Waals surface area contributed by atoms with Gasteiger partial charge in [0.1, 0.15) is 15.7 Å². The third-order valence-corrected chi connectivity index (χ3v) is 5.70. The van der Waals surface area contributed by atoms with Crippen LogP contribution in [0.3, 0.4) is 0 Å². The number of anilines is 1. The second kappa shape index (κ2) is 7.48. The summed E-state index contributed by atoms with van der Waals surface area (Å²) < 4.78 is 14.7. The lowest BCUT2D eigenvalue weighted by Gasteiger charge is -2.32. The number of amides is 1. The third kappa shape index (κ3) is 4.00. The lowest BCUT2D eigenvalue weighted by atomic mass is 10.0. The molecule has 3 aromatic rings. The van der Waals surface area contributed by atoms with Crippen molar-refractivity contribution >= 4 is 22.9 Å². The first-order valence-electron chi connectivity index (χ1n) is 8.85. The van der Waals surface area contributed by atoms with Gasteiger partial charge in [0, 0.05) is 43.6 Å². The fourth-order valence-electron chi connectivity index (χ4n) is 3.20. The summed E-state index contributed by atoms with van der Waals surface area (Å²) >= 11 is 1.40. The number of rotatable bonds is 4. The number of halogens is 1. The topological polar surface area (TPSA) is 63.1 Å². The Bertz CT molecular complexity index is 928. The van der Waals surface area contributed by atoms with E-state index in [1.165, 1.54) is 23.5 Å². The average Bonchev–Trinajstić information content (AvgIpc) is 3.33. The average molecular weight is 385 g/mol. The van der Waals surface area contributed by atoms with Crippen LogP contribution in [0.5, 0.6) is 0 Å². The zero-order valence-corrected chi connectivity index (χ0v) is 15.7. The van der Waals surface area contributed by atoms with Gasteiger partial charge in [-0.3, -0.25) is 9.48 Å². The molecule has 1 N–H and O–H groups in total. The second-order valence-corrected chi connectivity index (χ2v) is 7.68. The van der Waals surface area contributed by atoms with Crippen LogP contribution in [-0.4, -0.2) is 44.7 Å². The highest BCUT2D eigenvalue weighted by Gasteiger charge is 2.25. The normalized spacial score (nSPS) is 15.1. The number of likely N-dealkylation sites (tertiary alicyclic amines) is 1. The second-order valence-electron chi connectivity index (χ2n) is 6.65. The lowest BCUT2D eigenvalue weighted by molar-refractivity contribution is 0.0723. The van der Waals surface area contributed by atoms with Gasteiger partial charge in [0.2, 0.25) is 0 Å². The summed E-state index contributed by atoms with van der Waals surface area (Å²) in [4.78, 5) is 19.7. The summed E-state index contributed by atoms with van der Waals surface area (Å²) in [5.74, 6) is -0.209. The van der Waals surface area contributed by atoms with E-state index in [-0.39, 0.29) is 17.8 Å². The van der Waals surface area contributed by atoms with Gasteiger partial charge in [-0.05, 0) is 37.1 Å². The minimum absolute atomic E-state index is 0.0304. The molecule has 0 spiro atoms. The van der Waals surface area contributed by atoms with Crippen molar-refractivity contribution in [3.8, 4) is 10.6 Å². The first-order valence-corrected chi connectivity index (χ1v) is 9.66. The number of nitrogens with zero attached hydrogens (tertiary/aromatic N) is 4. The number of benzene rings is 1. The fourth-order valence-corrected chi connectivity index (χ4v) is 4.06. The quantitative estimate of drug-likeness (QED) is 0.748. The zero-order chi connectivity index (χ0) is 18.8. The van der Waals surface area contributed by atoms with E-state index < -0.39 is 0 Å². The first kappa shape index (κ1) is 17.7. The predicted molar refractivity (Wildman–Crippen MR) is 103 cm³/mol. The van der Waals surface area contributed by atoms with Crippen LogP contribution in [0.4, 0.5) is 10.1 Å². The molecule has 1 aliphatic rings. The van der Waals surface area contributed by atoms with E-state index >= 15 is 0 Å². The molecule has 0 bridgehead atoms. The molecule has 27 heavy (non-hydrogen) atoms. The van der Waals surface area contributed by atoms with Gasteiger partial charge in [-0.15, -0.1) is 11.3 Å². The van der Waals surface area contributed by atoms with E-state index in [0.717, 1.165) is 29.1 Å². The fraction of sp³-hybridized carbons (Fsp3) is 0.316. The highest BCUT2D eigenvalue weighted by Crippen LogP contribution is 2.26. The van der Waals surface area contributed by atoms with Gasteiger partial charge >= 0.3 is 0 Å². The van der Waals surface area contributed by atoms with Gasteiger partial charge < -0.3 is 10.2 Å². The van der Waals surface area contributed by atoms with E-state index in [0.29, 0.717) is 18.0 Å². The summed E-state index contributed by atoms with van der Waals surface area (Å²) in [5.41, 5.74) is 1.83. The summed E-state index contributed by atoms with van der Waals surface area (Å²) in [6, 6.07) is 6.66. The number of hydrogen-bond donors (Lipinski definition) is 1. The van der Waals surface area contributed by atoms with E-state index in [1.807, 2.05) is 18.1 Å². The molecular formula is C19H20FN5OS. The van der Waals surface area contributed by atoms with E-state index in [1.54, 1.807) is 29.2 Å². The first-order chi connectivity index (χ1) is 13.1. The van der Waals surface area contributed by atoms with Gasteiger partial charge in [0.25, 0.3) is 5.91 Å². The van der Waals surface area contributed by atoms with Crippen LogP contribution < -0.4 is 5.32 Å². The van der Waals surface area contributed by atoms with Crippen molar-refractivity contribution in [3.05, 3.63) is 53.6 Å². The number of thiazole rings is 1. The van der Waals surface area contributed by atoms with Crippen LogP contribution in [-0.2, 0) is 7.05 Å². The summed E-state index contributed by atoms with van der Waals surface area (Å²) in [6.45, 7) is 1.38. The smallest absolute Gasteiger partial charge is 0.265 e. The van der Waals surface area contributed by atoms with Gasteiger partial charge in [0.05, 0.1) is 12.4 Å². The molecule has 1 amide bonds. The maximum Gasteiger partial charge on any atom is 0.265 e. The maximum atomic E-state index is 13.0. The van der Waals surface area contributed by atoms with Crippen molar-refractivity contribution in [2.24, 2.45) is 7.05 Å². The number of nitrogens with one attached hydrogen (secondary N) is 1. The molecule has 140 valence electrons. The van der Waals surface area contributed by atoms with Crippen LogP contribution in [0, 0.1) is 5.82 Å². The van der Waals surface area contributed by atoms with E-state index in [2.05, 4.69) is 15.4 Å². The molecule has 0 radical (unpaired) electrons. The van der Waals surface area contributed by atoms with E-state index in [4.69, 9.17) is 0 Å². The molecule has 3 heterocycles. The number of aromatic nitrogens is 3. The zero-order valence-electron chi connectivity index (χ0n) is 14.9. The molecule has 1 saturated heterocycles. The molecule has 0 unspecified atom stereocenters. The van der Waals surface area contributed by atoms with Crippen LogP contribution in [0.25, 0.3) is 10.6 Å². The number of aryl methyl sites for hydroxylation is 1. The largest absolute Gasteiger partial charge is 0.382 e. The Morgan fingerprint density at radius 2 is 1.96 bits per heavy atom. The van der Waals surface area contributed by atoms with Crippen molar-refractivity contribution in [2.45, 2.75) is 18.9 Å². The molecule has 1 aliphatic heterocycles. The van der Waals surface area contributed by atoms with Gasteiger partial charge in [0.15, 0.2) is 0 Å². The molecule has 2 aromatic heterocycles. The summed E-state index contributed by atoms with van der Waals surface area (Å²) in [6.07, 6.45) is 7.01. The Kier molecular flexibility index (Phi) is 4.89. The van der Waals surface area contributed by atoms with Crippen LogP contribution in [0.15, 0.2) is 42.9 Å². The minimum Gasteiger partial charge on any atom is -0.382 e. The summed E-state index contributed by atoms with van der Waals surface area (Å²) in [7, 11) is 1.85. The molecule has 8 heteroatoms. The van der Waals surface area contributed by atoms with Crippen molar-refractivity contribution in [2.75, 3.05) is 18.4 Å². The van der Waals surface area contributed by atoms with Gasteiger partial charge in [-0.2, -0.15) is 5.10 Å². The molecule has 0 atom stereocenters. The minimum atomic E-state index is -0.240. The lowest BCUT2D eigenvalue weighted by Crippen LogP contribution is -2.42. The molecule has 1 aromatic carbocycles. The van der Waals surface area contributed by atoms with Gasteiger partial charge in [-0.25, -0.2) is 9.37 Å². The molecule has 4 rings (SSSR count). The van der Waals surface area contributed by atoms with Crippen LogP contribution in [0.2, 0.25) is 0 Å². The Labute approximate surface area is 160 Å². The van der Waals surface area contributed by atoms with E-state index in [9.17, 15) is 9.18 Å². The van der Waals surface area contributed by atoms with Crippen molar-refractivity contribution in [3.63, 3.8) is 0 Å². The Hall–Kier alpha value is -2.74. The van der Waals surface area contributed by atoms with Crippen molar-refractivity contribution in [1.82, 2.24) is 19.7 Å².